The topological polar surface area (TPSA) is 92.7 Å². The summed E-state index contributed by atoms with van der Waals surface area (Å²) in [5, 5.41) is 11.5. The maximum Gasteiger partial charge on any atom is 0.337 e. The van der Waals surface area contributed by atoms with Gasteiger partial charge in [-0.3, -0.25) is 9.59 Å². The molecule has 6 nitrogen and oxygen atoms in total. The van der Waals surface area contributed by atoms with Crippen LogP contribution in [-0.4, -0.2) is 30.1 Å². The van der Waals surface area contributed by atoms with Crippen LogP contribution < -0.4 is 5.32 Å². The van der Waals surface area contributed by atoms with Crippen LogP contribution in [-0.2, 0) is 14.3 Å². The third-order valence-electron chi connectivity index (χ3n) is 3.10. The second-order valence-corrected chi connectivity index (χ2v) is 4.48. The smallest absolute Gasteiger partial charge is 0.337 e. The van der Waals surface area contributed by atoms with Crippen molar-refractivity contribution in [3.8, 4) is 0 Å². The molecule has 0 spiro atoms. The SMILES string of the molecule is COC(=O)c1cccc(NC(=O)C(C)C(C)C(=O)O)c1. The second kappa shape index (κ2) is 6.70. The molecule has 0 radical (unpaired) electrons. The van der Waals surface area contributed by atoms with E-state index < -0.39 is 29.7 Å². The Bertz CT molecular complexity index is 526. The van der Waals surface area contributed by atoms with Gasteiger partial charge in [0.15, 0.2) is 0 Å². The van der Waals surface area contributed by atoms with Crippen LogP contribution in [0.1, 0.15) is 24.2 Å². The molecule has 0 aliphatic heterocycles. The number of hydrogen-bond acceptors (Lipinski definition) is 4. The molecule has 0 heterocycles. The summed E-state index contributed by atoms with van der Waals surface area (Å²) in [6.07, 6.45) is 0. The molecule has 1 aromatic rings. The molecule has 108 valence electrons. The van der Waals surface area contributed by atoms with Gasteiger partial charge in [-0.15, -0.1) is 0 Å². The molecule has 1 amide bonds. The van der Waals surface area contributed by atoms with E-state index in [-0.39, 0.29) is 0 Å². The molecule has 0 saturated heterocycles. The maximum atomic E-state index is 11.9. The number of rotatable bonds is 5. The average Bonchev–Trinajstić information content (AvgIpc) is 2.44. The van der Waals surface area contributed by atoms with E-state index in [9.17, 15) is 14.4 Å². The Morgan fingerprint density at radius 2 is 1.85 bits per heavy atom. The van der Waals surface area contributed by atoms with E-state index in [0.717, 1.165) is 0 Å². The monoisotopic (exact) mass is 279 g/mol. The summed E-state index contributed by atoms with van der Waals surface area (Å²) >= 11 is 0. The predicted molar refractivity (Wildman–Crippen MR) is 72.4 cm³/mol. The van der Waals surface area contributed by atoms with Crippen molar-refractivity contribution in [1.29, 1.82) is 0 Å². The highest BCUT2D eigenvalue weighted by Crippen LogP contribution is 2.16. The van der Waals surface area contributed by atoms with Gasteiger partial charge in [-0.25, -0.2) is 4.79 Å². The zero-order valence-corrected chi connectivity index (χ0v) is 11.5. The number of benzene rings is 1. The highest BCUT2D eigenvalue weighted by Gasteiger charge is 2.25. The van der Waals surface area contributed by atoms with Crippen LogP contribution in [0.3, 0.4) is 0 Å². The Labute approximate surface area is 116 Å². The highest BCUT2D eigenvalue weighted by molar-refractivity contribution is 5.96. The number of hydrogen-bond donors (Lipinski definition) is 2. The standard InChI is InChI=1S/C14H17NO5/c1-8(9(2)13(17)18)12(16)15-11-6-4-5-10(7-11)14(19)20-3/h4-9H,1-3H3,(H,15,16)(H,17,18). The average molecular weight is 279 g/mol. The third-order valence-corrected chi connectivity index (χ3v) is 3.10. The molecule has 1 rings (SSSR count). The van der Waals surface area contributed by atoms with Crippen LogP contribution in [0.2, 0.25) is 0 Å². The summed E-state index contributed by atoms with van der Waals surface area (Å²) in [6.45, 7) is 3.01. The molecule has 6 heteroatoms. The normalized spacial score (nSPS) is 13.2. The van der Waals surface area contributed by atoms with E-state index in [2.05, 4.69) is 10.1 Å². The molecule has 2 unspecified atom stereocenters. The fourth-order valence-electron chi connectivity index (χ4n) is 1.54. The molecule has 0 aromatic heterocycles. The van der Waals surface area contributed by atoms with Crippen LogP contribution in [0.5, 0.6) is 0 Å². The lowest BCUT2D eigenvalue weighted by molar-refractivity contribution is -0.145. The van der Waals surface area contributed by atoms with Crippen molar-refractivity contribution in [1.82, 2.24) is 0 Å². The number of carbonyl (C=O) groups excluding carboxylic acids is 2. The molecular formula is C14H17NO5. The second-order valence-electron chi connectivity index (χ2n) is 4.48. The minimum Gasteiger partial charge on any atom is -0.481 e. The Morgan fingerprint density at radius 3 is 2.40 bits per heavy atom. The van der Waals surface area contributed by atoms with Gasteiger partial charge in [0.05, 0.1) is 18.6 Å². The molecule has 1 aromatic carbocycles. The van der Waals surface area contributed by atoms with Crippen LogP contribution in [0.4, 0.5) is 5.69 Å². The molecule has 2 N–H and O–H groups in total. The zero-order chi connectivity index (χ0) is 15.3. The van der Waals surface area contributed by atoms with Gasteiger partial charge in [0.1, 0.15) is 0 Å². The number of carboxylic acids is 1. The van der Waals surface area contributed by atoms with Crippen LogP contribution in [0.25, 0.3) is 0 Å². The van der Waals surface area contributed by atoms with Gasteiger partial charge in [0, 0.05) is 11.6 Å². The third kappa shape index (κ3) is 3.81. The first-order valence-corrected chi connectivity index (χ1v) is 6.09. The first kappa shape index (κ1) is 15.7. The van der Waals surface area contributed by atoms with Crippen LogP contribution in [0.15, 0.2) is 24.3 Å². The van der Waals surface area contributed by atoms with E-state index >= 15 is 0 Å². The summed E-state index contributed by atoms with van der Waals surface area (Å²) in [6, 6.07) is 6.25. The lowest BCUT2D eigenvalue weighted by atomic mass is 9.95. The Kier molecular flexibility index (Phi) is 5.25. The van der Waals surface area contributed by atoms with Crippen LogP contribution in [0, 0.1) is 11.8 Å². The molecule has 20 heavy (non-hydrogen) atoms. The number of ether oxygens (including phenoxy) is 1. The maximum absolute atomic E-state index is 11.9. The van der Waals surface area contributed by atoms with E-state index in [4.69, 9.17) is 5.11 Å². The number of amides is 1. The molecule has 2 atom stereocenters. The quantitative estimate of drug-likeness (QED) is 0.801. The number of nitrogens with one attached hydrogen (secondary N) is 1. The number of carboxylic acid groups (broad SMARTS) is 1. The van der Waals surface area contributed by atoms with Crippen molar-refractivity contribution < 1.29 is 24.2 Å². The van der Waals surface area contributed by atoms with Gasteiger partial charge in [-0.1, -0.05) is 19.9 Å². The molecular weight excluding hydrogens is 262 g/mol. The molecule has 0 bridgehead atoms. The lowest BCUT2D eigenvalue weighted by Gasteiger charge is -2.16. The number of anilines is 1. The van der Waals surface area contributed by atoms with Crippen molar-refractivity contribution in [3.05, 3.63) is 29.8 Å². The van der Waals surface area contributed by atoms with E-state index in [0.29, 0.717) is 11.3 Å². The van der Waals surface area contributed by atoms with Crippen molar-refractivity contribution in [3.63, 3.8) is 0 Å². The first-order chi connectivity index (χ1) is 9.36. The van der Waals surface area contributed by atoms with Crippen molar-refractivity contribution in [2.75, 3.05) is 12.4 Å². The summed E-state index contributed by atoms with van der Waals surface area (Å²) in [5.41, 5.74) is 0.728. The van der Waals surface area contributed by atoms with Gasteiger partial charge in [0.25, 0.3) is 0 Å². The van der Waals surface area contributed by atoms with E-state index in [1.807, 2.05) is 0 Å². The lowest BCUT2D eigenvalue weighted by Crippen LogP contribution is -2.30. The summed E-state index contributed by atoms with van der Waals surface area (Å²) in [4.78, 5) is 34.1. The van der Waals surface area contributed by atoms with E-state index in [1.54, 1.807) is 18.2 Å². The summed E-state index contributed by atoms with van der Waals surface area (Å²) in [5.74, 6) is -3.43. The summed E-state index contributed by atoms with van der Waals surface area (Å²) in [7, 11) is 1.27. The number of carbonyl (C=O) groups is 3. The van der Waals surface area contributed by atoms with Gasteiger partial charge in [-0.05, 0) is 18.2 Å². The van der Waals surface area contributed by atoms with E-state index in [1.165, 1.54) is 27.0 Å². The fourth-order valence-corrected chi connectivity index (χ4v) is 1.54. The first-order valence-electron chi connectivity index (χ1n) is 6.09. The Morgan fingerprint density at radius 1 is 1.20 bits per heavy atom. The minimum absolute atomic E-state index is 0.309. The number of methoxy groups -OCH3 is 1. The number of esters is 1. The zero-order valence-electron chi connectivity index (χ0n) is 11.5. The number of aliphatic carboxylic acids is 1. The van der Waals surface area contributed by atoms with Gasteiger partial charge >= 0.3 is 11.9 Å². The van der Waals surface area contributed by atoms with Gasteiger partial charge in [0.2, 0.25) is 5.91 Å². The Hall–Kier alpha value is -2.37. The molecule has 0 saturated carbocycles. The molecule has 0 fully saturated rings. The Balaban J connectivity index is 2.81. The fraction of sp³-hybridized carbons (Fsp3) is 0.357. The molecule has 0 aliphatic carbocycles. The van der Waals surface area contributed by atoms with Crippen molar-refractivity contribution in [2.24, 2.45) is 11.8 Å². The van der Waals surface area contributed by atoms with Gasteiger partial charge < -0.3 is 15.2 Å². The molecule has 0 aliphatic rings. The van der Waals surface area contributed by atoms with Gasteiger partial charge in [-0.2, -0.15) is 0 Å². The largest absolute Gasteiger partial charge is 0.481 e. The minimum atomic E-state index is -1.03. The highest BCUT2D eigenvalue weighted by atomic mass is 16.5. The predicted octanol–water partition coefficient (Wildman–Crippen LogP) is 1.77. The van der Waals surface area contributed by atoms with Crippen LogP contribution >= 0.6 is 0 Å². The van der Waals surface area contributed by atoms with Crippen molar-refractivity contribution in [2.45, 2.75) is 13.8 Å². The summed E-state index contributed by atoms with van der Waals surface area (Å²) < 4.78 is 4.58. The van der Waals surface area contributed by atoms with Crippen molar-refractivity contribution >= 4 is 23.5 Å².